The molecular formula is C11H20N2O3. The van der Waals surface area contributed by atoms with E-state index in [1.165, 1.54) is 0 Å². The van der Waals surface area contributed by atoms with Gasteiger partial charge in [-0.3, -0.25) is 0 Å². The van der Waals surface area contributed by atoms with Gasteiger partial charge in [-0.05, 0) is 27.2 Å². The van der Waals surface area contributed by atoms with Crippen LogP contribution in [0.15, 0.2) is 0 Å². The minimum Gasteiger partial charge on any atom is -0.444 e. The van der Waals surface area contributed by atoms with Crippen molar-refractivity contribution in [3.8, 4) is 6.07 Å². The van der Waals surface area contributed by atoms with Crippen LogP contribution in [0.3, 0.4) is 0 Å². The van der Waals surface area contributed by atoms with Crippen molar-refractivity contribution >= 4 is 6.09 Å². The van der Waals surface area contributed by atoms with Gasteiger partial charge in [-0.2, -0.15) is 5.26 Å². The molecule has 0 aromatic carbocycles. The van der Waals surface area contributed by atoms with Crippen LogP contribution in [0, 0.1) is 11.3 Å². The third-order valence-corrected chi connectivity index (χ3v) is 1.82. The van der Waals surface area contributed by atoms with Gasteiger partial charge in [0, 0.05) is 0 Å². The maximum atomic E-state index is 11.4. The molecule has 16 heavy (non-hydrogen) atoms. The topological polar surface area (TPSA) is 82.3 Å². The molecule has 0 aliphatic carbocycles. The van der Waals surface area contributed by atoms with Crippen LogP contribution < -0.4 is 5.32 Å². The third-order valence-electron chi connectivity index (χ3n) is 1.82. The SMILES string of the molecule is CCC[C@H](NC(=O)OC(C)(C)C)C(O)C#N. The Bertz CT molecular complexity index is 265. The summed E-state index contributed by atoms with van der Waals surface area (Å²) in [6, 6.07) is 1.12. The number of hydrogen-bond donors (Lipinski definition) is 2. The normalized spacial score (nSPS) is 14.8. The van der Waals surface area contributed by atoms with Gasteiger partial charge in [0.1, 0.15) is 5.60 Å². The molecule has 92 valence electrons. The van der Waals surface area contributed by atoms with Crippen LogP contribution in [-0.4, -0.2) is 28.9 Å². The Hall–Kier alpha value is -1.28. The van der Waals surface area contributed by atoms with Crippen molar-refractivity contribution in [2.75, 3.05) is 0 Å². The zero-order valence-electron chi connectivity index (χ0n) is 10.3. The second-order valence-corrected chi connectivity index (χ2v) is 4.62. The molecule has 0 aliphatic heterocycles. The molecule has 1 unspecified atom stereocenters. The molecule has 0 aromatic rings. The monoisotopic (exact) mass is 228 g/mol. The largest absolute Gasteiger partial charge is 0.444 e. The maximum absolute atomic E-state index is 11.4. The quantitative estimate of drug-likeness (QED) is 0.715. The van der Waals surface area contributed by atoms with Crippen LogP contribution in [-0.2, 0) is 4.74 Å². The number of nitriles is 1. The summed E-state index contributed by atoms with van der Waals surface area (Å²) in [5, 5.41) is 20.4. The van der Waals surface area contributed by atoms with Gasteiger partial charge in [0.05, 0.1) is 12.1 Å². The van der Waals surface area contributed by atoms with Gasteiger partial charge in [0.25, 0.3) is 0 Å². The zero-order chi connectivity index (χ0) is 12.8. The fraction of sp³-hybridized carbons (Fsp3) is 0.818. The summed E-state index contributed by atoms with van der Waals surface area (Å²) in [5.41, 5.74) is -0.585. The Morgan fingerprint density at radius 3 is 2.50 bits per heavy atom. The molecular weight excluding hydrogens is 208 g/mol. The van der Waals surface area contributed by atoms with E-state index < -0.39 is 23.8 Å². The molecule has 5 nitrogen and oxygen atoms in total. The van der Waals surface area contributed by atoms with E-state index in [9.17, 15) is 9.90 Å². The van der Waals surface area contributed by atoms with Crippen LogP contribution >= 0.6 is 0 Å². The number of hydrogen-bond acceptors (Lipinski definition) is 4. The first-order valence-corrected chi connectivity index (χ1v) is 5.37. The van der Waals surface area contributed by atoms with Crippen molar-refractivity contribution in [2.24, 2.45) is 0 Å². The van der Waals surface area contributed by atoms with E-state index >= 15 is 0 Å². The average molecular weight is 228 g/mol. The van der Waals surface area contributed by atoms with Crippen molar-refractivity contribution in [1.29, 1.82) is 5.26 Å². The first-order chi connectivity index (χ1) is 7.30. The van der Waals surface area contributed by atoms with Gasteiger partial charge in [-0.25, -0.2) is 4.79 Å². The average Bonchev–Trinajstić information content (AvgIpc) is 2.13. The Morgan fingerprint density at radius 1 is 1.56 bits per heavy atom. The van der Waals surface area contributed by atoms with E-state index in [1.54, 1.807) is 26.8 Å². The molecule has 0 saturated heterocycles. The highest BCUT2D eigenvalue weighted by molar-refractivity contribution is 5.68. The van der Waals surface area contributed by atoms with Crippen LogP contribution in [0.1, 0.15) is 40.5 Å². The lowest BCUT2D eigenvalue weighted by atomic mass is 10.1. The summed E-state index contributed by atoms with van der Waals surface area (Å²) >= 11 is 0. The molecule has 0 rings (SSSR count). The van der Waals surface area contributed by atoms with Crippen molar-refractivity contribution < 1.29 is 14.6 Å². The lowest BCUT2D eigenvalue weighted by Crippen LogP contribution is -2.44. The van der Waals surface area contributed by atoms with Crippen LogP contribution in [0.4, 0.5) is 4.79 Å². The molecule has 0 spiro atoms. The van der Waals surface area contributed by atoms with Gasteiger partial charge in [-0.1, -0.05) is 13.3 Å². The van der Waals surface area contributed by atoms with Gasteiger partial charge in [0.15, 0.2) is 6.10 Å². The molecule has 0 aromatic heterocycles. The molecule has 0 aliphatic rings. The summed E-state index contributed by atoms with van der Waals surface area (Å²) in [6.45, 7) is 7.17. The van der Waals surface area contributed by atoms with Gasteiger partial charge >= 0.3 is 6.09 Å². The van der Waals surface area contributed by atoms with Gasteiger partial charge < -0.3 is 15.2 Å². The number of amides is 1. The Morgan fingerprint density at radius 2 is 2.12 bits per heavy atom. The molecule has 0 bridgehead atoms. The number of nitrogens with one attached hydrogen (secondary N) is 1. The van der Waals surface area contributed by atoms with E-state index in [-0.39, 0.29) is 0 Å². The highest BCUT2D eigenvalue weighted by Gasteiger charge is 2.23. The second-order valence-electron chi connectivity index (χ2n) is 4.62. The molecule has 1 amide bonds. The minimum absolute atomic E-state index is 0.536. The Balaban J connectivity index is 4.30. The summed E-state index contributed by atoms with van der Waals surface area (Å²) in [5.74, 6) is 0. The van der Waals surface area contributed by atoms with E-state index in [2.05, 4.69) is 5.32 Å². The second kappa shape index (κ2) is 6.33. The number of aliphatic hydroxyl groups excluding tert-OH is 1. The van der Waals surface area contributed by atoms with Crippen molar-refractivity contribution in [3.05, 3.63) is 0 Å². The molecule has 2 atom stereocenters. The predicted molar refractivity (Wildman–Crippen MR) is 59.7 cm³/mol. The van der Waals surface area contributed by atoms with Crippen LogP contribution in [0.2, 0.25) is 0 Å². The van der Waals surface area contributed by atoms with Gasteiger partial charge in [0.2, 0.25) is 0 Å². The molecule has 0 heterocycles. The van der Waals surface area contributed by atoms with Gasteiger partial charge in [-0.15, -0.1) is 0 Å². The first-order valence-electron chi connectivity index (χ1n) is 5.37. The van der Waals surface area contributed by atoms with Crippen LogP contribution in [0.5, 0.6) is 0 Å². The third kappa shape index (κ3) is 6.25. The zero-order valence-corrected chi connectivity index (χ0v) is 10.3. The summed E-state index contributed by atoms with van der Waals surface area (Å²) in [7, 11) is 0. The summed E-state index contributed by atoms with van der Waals surface area (Å²) < 4.78 is 5.04. The standard InChI is InChI=1S/C11H20N2O3/c1-5-6-8(9(14)7-12)13-10(15)16-11(2,3)4/h8-9,14H,5-6H2,1-4H3,(H,13,15)/t8-,9?/m0/s1. The summed E-state index contributed by atoms with van der Waals surface area (Å²) in [4.78, 5) is 11.4. The Labute approximate surface area is 96.4 Å². The van der Waals surface area contributed by atoms with Crippen LogP contribution in [0.25, 0.3) is 0 Å². The highest BCUT2D eigenvalue weighted by atomic mass is 16.6. The van der Waals surface area contributed by atoms with Crippen molar-refractivity contribution in [2.45, 2.75) is 58.3 Å². The minimum atomic E-state index is -1.20. The smallest absolute Gasteiger partial charge is 0.407 e. The fourth-order valence-corrected chi connectivity index (χ4v) is 1.17. The highest BCUT2D eigenvalue weighted by Crippen LogP contribution is 2.08. The first kappa shape index (κ1) is 14.7. The molecule has 0 radical (unpaired) electrons. The van der Waals surface area contributed by atoms with Crippen molar-refractivity contribution in [1.82, 2.24) is 5.32 Å². The number of carbonyl (C=O) groups excluding carboxylic acids is 1. The number of alkyl carbamates (subject to hydrolysis) is 1. The molecule has 0 fully saturated rings. The predicted octanol–water partition coefficient (Wildman–Crippen LogP) is 1.56. The molecule has 0 saturated carbocycles. The number of carbonyl (C=O) groups is 1. The lowest BCUT2D eigenvalue weighted by Gasteiger charge is -2.24. The Kier molecular flexibility index (Phi) is 5.83. The fourth-order valence-electron chi connectivity index (χ4n) is 1.17. The number of nitrogens with zero attached hydrogens (tertiary/aromatic N) is 1. The van der Waals surface area contributed by atoms with E-state index in [1.807, 2.05) is 6.92 Å². The number of aliphatic hydroxyl groups is 1. The number of ether oxygens (including phenoxy) is 1. The van der Waals surface area contributed by atoms with E-state index in [0.29, 0.717) is 6.42 Å². The molecule has 5 heteroatoms. The van der Waals surface area contributed by atoms with E-state index in [0.717, 1.165) is 6.42 Å². The summed E-state index contributed by atoms with van der Waals surface area (Å²) in [6.07, 6.45) is -0.514. The molecule has 2 N–H and O–H groups in total. The maximum Gasteiger partial charge on any atom is 0.407 e. The lowest BCUT2D eigenvalue weighted by molar-refractivity contribution is 0.0453. The number of rotatable bonds is 4. The van der Waals surface area contributed by atoms with E-state index in [4.69, 9.17) is 10.00 Å². The van der Waals surface area contributed by atoms with Crippen molar-refractivity contribution in [3.63, 3.8) is 0 Å².